The quantitative estimate of drug-likeness (QED) is 0.479. The molecule has 0 fully saturated rings. The SMILES string of the molecule is CC(=O)OCSc1ccc(-c2ccccn2)cc1. The number of pyridine rings is 1. The maximum absolute atomic E-state index is 10.6. The van der Waals surface area contributed by atoms with Crippen molar-refractivity contribution in [3.05, 3.63) is 48.7 Å². The zero-order valence-corrected chi connectivity index (χ0v) is 10.8. The van der Waals surface area contributed by atoms with Crippen molar-refractivity contribution in [3.63, 3.8) is 0 Å². The lowest BCUT2D eigenvalue weighted by Gasteiger charge is -2.04. The molecule has 2 rings (SSSR count). The third-order valence-corrected chi connectivity index (χ3v) is 3.14. The molecular weight excluding hydrogens is 246 g/mol. The first-order valence-corrected chi connectivity index (χ1v) is 6.52. The van der Waals surface area contributed by atoms with E-state index in [1.54, 1.807) is 6.20 Å². The van der Waals surface area contributed by atoms with E-state index in [9.17, 15) is 4.79 Å². The van der Waals surface area contributed by atoms with E-state index in [2.05, 4.69) is 4.98 Å². The molecular formula is C14H13NO2S. The molecule has 1 aromatic carbocycles. The van der Waals surface area contributed by atoms with Crippen molar-refractivity contribution in [2.45, 2.75) is 11.8 Å². The number of carbonyl (C=O) groups excluding carboxylic acids is 1. The number of carbonyl (C=O) groups is 1. The Morgan fingerprint density at radius 1 is 1.22 bits per heavy atom. The van der Waals surface area contributed by atoms with Gasteiger partial charge in [0, 0.05) is 23.6 Å². The Bertz CT molecular complexity index is 511. The molecule has 0 aliphatic rings. The molecule has 0 saturated carbocycles. The number of esters is 1. The number of ether oxygens (including phenoxy) is 1. The van der Waals surface area contributed by atoms with Crippen LogP contribution in [0.15, 0.2) is 53.6 Å². The van der Waals surface area contributed by atoms with Gasteiger partial charge in [-0.2, -0.15) is 0 Å². The molecule has 1 aromatic heterocycles. The minimum Gasteiger partial charge on any atom is -0.454 e. The molecule has 0 spiro atoms. The Balaban J connectivity index is 2.00. The van der Waals surface area contributed by atoms with E-state index in [0.29, 0.717) is 5.94 Å². The average Bonchev–Trinajstić information content (AvgIpc) is 2.40. The highest BCUT2D eigenvalue weighted by atomic mass is 32.2. The summed E-state index contributed by atoms with van der Waals surface area (Å²) in [6.45, 7) is 1.41. The van der Waals surface area contributed by atoms with Gasteiger partial charge in [-0.3, -0.25) is 9.78 Å². The summed E-state index contributed by atoms with van der Waals surface area (Å²) in [4.78, 5) is 16.0. The second kappa shape index (κ2) is 6.21. The smallest absolute Gasteiger partial charge is 0.303 e. The van der Waals surface area contributed by atoms with E-state index in [1.165, 1.54) is 18.7 Å². The summed E-state index contributed by atoms with van der Waals surface area (Å²) in [6.07, 6.45) is 1.78. The maximum atomic E-state index is 10.6. The zero-order chi connectivity index (χ0) is 12.8. The number of thioether (sulfide) groups is 1. The molecule has 3 nitrogen and oxygen atoms in total. The largest absolute Gasteiger partial charge is 0.454 e. The molecule has 0 radical (unpaired) electrons. The summed E-state index contributed by atoms with van der Waals surface area (Å²) in [5.74, 6) is 0.0887. The number of benzene rings is 1. The molecule has 0 atom stereocenters. The molecule has 0 saturated heterocycles. The summed E-state index contributed by atoms with van der Waals surface area (Å²) >= 11 is 1.49. The predicted molar refractivity (Wildman–Crippen MR) is 72.2 cm³/mol. The number of aromatic nitrogens is 1. The number of nitrogens with zero attached hydrogens (tertiary/aromatic N) is 1. The summed E-state index contributed by atoms with van der Waals surface area (Å²) < 4.78 is 4.87. The zero-order valence-electron chi connectivity index (χ0n) is 10.00. The molecule has 1 heterocycles. The van der Waals surface area contributed by atoms with Crippen molar-refractivity contribution in [1.82, 2.24) is 4.98 Å². The summed E-state index contributed by atoms with van der Waals surface area (Å²) in [7, 11) is 0. The minimum absolute atomic E-state index is 0.257. The first-order chi connectivity index (χ1) is 8.75. The Labute approximate surface area is 110 Å². The van der Waals surface area contributed by atoms with Crippen LogP contribution in [0.1, 0.15) is 6.92 Å². The number of hydrogen-bond donors (Lipinski definition) is 0. The topological polar surface area (TPSA) is 39.2 Å². The van der Waals surface area contributed by atoms with E-state index in [4.69, 9.17) is 4.74 Å². The molecule has 0 aliphatic heterocycles. The lowest BCUT2D eigenvalue weighted by Crippen LogP contribution is -1.96. The van der Waals surface area contributed by atoms with Gasteiger partial charge in [-0.1, -0.05) is 30.0 Å². The molecule has 0 amide bonds. The van der Waals surface area contributed by atoms with Gasteiger partial charge in [0.15, 0.2) is 0 Å². The van der Waals surface area contributed by atoms with Gasteiger partial charge in [-0.05, 0) is 24.3 Å². The Morgan fingerprint density at radius 3 is 2.61 bits per heavy atom. The van der Waals surface area contributed by atoms with Gasteiger partial charge in [-0.15, -0.1) is 0 Å². The first-order valence-electron chi connectivity index (χ1n) is 5.53. The Morgan fingerprint density at radius 2 is 2.00 bits per heavy atom. The van der Waals surface area contributed by atoms with Crippen LogP contribution >= 0.6 is 11.8 Å². The lowest BCUT2D eigenvalue weighted by atomic mass is 10.1. The van der Waals surface area contributed by atoms with Gasteiger partial charge in [0.1, 0.15) is 5.94 Å². The summed E-state index contributed by atoms with van der Waals surface area (Å²) in [5, 5.41) is 0. The van der Waals surface area contributed by atoms with Crippen molar-refractivity contribution < 1.29 is 9.53 Å². The van der Waals surface area contributed by atoms with Crippen molar-refractivity contribution in [2.24, 2.45) is 0 Å². The van der Waals surface area contributed by atoms with Crippen LogP contribution < -0.4 is 0 Å². The first kappa shape index (κ1) is 12.6. The van der Waals surface area contributed by atoms with Crippen LogP contribution in [-0.4, -0.2) is 16.9 Å². The van der Waals surface area contributed by atoms with Crippen LogP contribution in [0.25, 0.3) is 11.3 Å². The van der Waals surface area contributed by atoms with E-state index in [0.717, 1.165) is 16.2 Å². The molecule has 0 bridgehead atoms. The van der Waals surface area contributed by atoms with Crippen molar-refractivity contribution in [2.75, 3.05) is 5.94 Å². The Hall–Kier alpha value is -1.81. The van der Waals surface area contributed by atoms with Crippen molar-refractivity contribution in [3.8, 4) is 11.3 Å². The van der Waals surface area contributed by atoms with Crippen LogP contribution in [0.3, 0.4) is 0 Å². The minimum atomic E-state index is -0.257. The third kappa shape index (κ3) is 3.60. The molecule has 4 heteroatoms. The molecule has 0 aliphatic carbocycles. The van der Waals surface area contributed by atoms with Crippen LogP contribution in [0.5, 0.6) is 0 Å². The van der Waals surface area contributed by atoms with Crippen LogP contribution in [0, 0.1) is 0 Å². The highest BCUT2D eigenvalue weighted by molar-refractivity contribution is 7.99. The fourth-order valence-electron chi connectivity index (χ4n) is 1.44. The average molecular weight is 259 g/mol. The van der Waals surface area contributed by atoms with E-state index >= 15 is 0 Å². The Kier molecular flexibility index (Phi) is 4.36. The predicted octanol–water partition coefficient (Wildman–Crippen LogP) is 3.36. The van der Waals surface area contributed by atoms with Gasteiger partial charge in [0.25, 0.3) is 0 Å². The third-order valence-electron chi connectivity index (χ3n) is 2.30. The highest BCUT2D eigenvalue weighted by Crippen LogP contribution is 2.22. The monoisotopic (exact) mass is 259 g/mol. The second-order valence-electron chi connectivity index (χ2n) is 3.64. The molecule has 92 valence electrons. The van der Waals surface area contributed by atoms with Crippen LogP contribution in [0.4, 0.5) is 0 Å². The molecule has 0 unspecified atom stereocenters. The summed E-state index contributed by atoms with van der Waals surface area (Å²) in [5.41, 5.74) is 2.03. The van der Waals surface area contributed by atoms with E-state index < -0.39 is 0 Å². The van der Waals surface area contributed by atoms with Crippen molar-refractivity contribution in [1.29, 1.82) is 0 Å². The van der Waals surface area contributed by atoms with Crippen LogP contribution in [0.2, 0.25) is 0 Å². The fourth-order valence-corrected chi connectivity index (χ4v) is 2.13. The van der Waals surface area contributed by atoms with Crippen LogP contribution in [-0.2, 0) is 9.53 Å². The van der Waals surface area contributed by atoms with E-state index in [-0.39, 0.29) is 5.97 Å². The van der Waals surface area contributed by atoms with Gasteiger partial charge >= 0.3 is 5.97 Å². The lowest BCUT2D eigenvalue weighted by molar-refractivity contribution is -0.138. The van der Waals surface area contributed by atoms with E-state index in [1.807, 2.05) is 42.5 Å². The molecule has 2 aromatic rings. The fraction of sp³-hybridized carbons (Fsp3) is 0.143. The molecule has 0 N–H and O–H groups in total. The van der Waals surface area contributed by atoms with Gasteiger partial charge in [-0.25, -0.2) is 0 Å². The number of hydrogen-bond acceptors (Lipinski definition) is 4. The normalized spacial score (nSPS) is 10.1. The van der Waals surface area contributed by atoms with Gasteiger partial charge in [0.05, 0.1) is 5.69 Å². The van der Waals surface area contributed by atoms with Crippen molar-refractivity contribution >= 4 is 17.7 Å². The second-order valence-corrected chi connectivity index (χ2v) is 4.63. The maximum Gasteiger partial charge on any atom is 0.303 e. The standard InChI is InChI=1S/C14H13NO2S/c1-11(16)17-10-18-13-7-5-12(6-8-13)14-4-2-3-9-15-14/h2-9H,10H2,1H3. The number of rotatable bonds is 4. The molecule has 18 heavy (non-hydrogen) atoms. The highest BCUT2D eigenvalue weighted by Gasteiger charge is 2.00. The van der Waals surface area contributed by atoms with Gasteiger partial charge in [0.2, 0.25) is 0 Å². The van der Waals surface area contributed by atoms with Gasteiger partial charge < -0.3 is 4.74 Å². The summed E-state index contributed by atoms with van der Waals surface area (Å²) in [6, 6.07) is 13.9.